The summed E-state index contributed by atoms with van der Waals surface area (Å²) in [4.78, 5) is 19.5. The number of rotatable bonds is 8. The highest BCUT2D eigenvalue weighted by Gasteiger charge is 2.40. The summed E-state index contributed by atoms with van der Waals surface area (Å²) >= 11 is 0. The molecule has 1 unspecified atom stereocenters. The van der Waals surface area contributed by atoms with E-state index in [1.807, 2.05) is 11.8 Å². The van der Waals surface area contributed by atoms with Gasteiger partial charge in [0, 0.05) is 51.1 Å². The van der Waals surface area contributed by atoms with Gasteiger partial charge >= 0.3 is 6.18 Å². The maximum absolute atomic E-state index is 13.9. The van der Waals surface area contributed by atoms with Crippen LogP contribution >= 0.6 is 0 Å². The van der Waals surface area contributed by atoms with E-state index in [4.69, 9.17) is 4.74 Å². The van der Waals surface area contributed by atoms with E-state index in [1.54, 1.807) is 32.4 Å². The largest absolute Gasteiger partial charge is 0.433 e. The second-order valence-electron chi connectivity index (χ2n) is 7.97. The molecular formula is C21H29F3N4O2. The molecule has 1 amide bonds. The zero-order chi connectivity index (χ0) is 21.9. The van der Waals surface area contributed by atoms with Crippen molar-refractivity contribution in [1.29, 1.82) is 0 Å². The van der Waals surface area contributed by atoms with Crippen LogP contribution in [0.1, 0.15) is 37.4 Å². The molecule has 0 spiro atoms. The third kappa shape index (κ3) is 5.13. The molecule has 0 aromatic carbocycles. The summed E-state index contributed by atoms with van der Waals surface area (Å²) in [5.41, 5.74) is -0.274. The summed E-state index contributed by atoms with van der Waals surface area (Å²) in [5.74, 6) is -0.0276. The van der Waals surface area contributed by atoms with Gasteiger partial charge in [0.25, 0.3) is 0 Å². The summed E-state index contributed by atoms with van der Waals surface area (Å²) < 4.78 is 48.8. The van der Waals surface area contributed by atoms with Gasteiger partial charge < -0.3 is 14.2 Å². The first kappa shape index (κ1) is 22.6. The van der Waals surface area contributed by atoms with Crippen molar-refractivity contribution in [1.82, 2.24) is 19.4 Å². The average molecular weight is 426 g/mol. The Bertz CT molecular complexity index is 828. The van der Waals surface area contributed by atoms with Gasteiger partial charge in [-0.3, -0.25) is 9.69 Å². The standard InChI is InChI=1S/C21H29F3N4O2/c1-4-9-27(12-15-7-6-11-30-15)13-17-16-8-5-10-28(14-18(29)26(2)3)20(16)25-19(17)21(22,23)24/h5,8,10,15H,4,6-7,9,11-14H2,1-3H3. The zero-order valence-electron chi connectivity index (χ0n) is 17.7. The molecule has 1 saturated heterocycles. The molecular weight excluding hydrogens is 397 g/mol. The lowest BCUT2D eigenvalue weighted by Crippen LogP contribution is -2.33. The predicted molar refractivity (Wildman–Crippen MR) is 107 cm³/mol. The number of ether oxygens (including phenoxy) is 1. The molecule has 0 N–H and O–H groups in total. The first-order valence-corrected chi connectivity index (χ1v) is 10.3. The van der Waals surface area contributed by atoms with Crippen LogP contribution in [-0.4, -0.2) is 65.2 Å². The Labute approximate surface area is 175 Å². The third-order valence-corrected chi connectivity index (χ3v) is 5.35. The molecule has 3 aliphatic rings. The normalized spacial score (nSPS) is 17.2. The summed E-state index contributed by atoms with van der Waals surface area (Å²) in [6.45, 7) is 4.07. The van der Waals surface area contributed by atoms with Crippen molar-refractivity contribution >= 4 is 5.91 Å². The molecule has 9 heteroatoms. The van der Waals surface area contributed by atoms with Crippen LogP contribution in [0, 0.1) is 0 Å². The van der Waals surface area contributed by atoms with Crippen molar-refractivity contribution in [2.75, 3.05) is 33.8 Å². The number of hydrogen-bond acceptors (Lipinski definition) is 4. The number of nitrogens with zero attached hydrogens (tertiary/aromatic N) is 4. The molecule has 30 heavy (non-hydrogen) atoms. The average Bonchev–Trinajstić information content (AvgIpc) is 3.30. The summed E-state index contributed by atoms with van der Waals surface area (Å²) in [6.07, 6.45) is -0.172. The molecule has 0 aromatic rings. The molecule has 6 nitrogen and oxygen atoms in total. The lowest BCUT2D eigenvalue weighted by Gasteiger charge is -2.25. The minimum atomic E-state index is -4.57. The van der Waals surface area contributed by atoms with Crippen molar-refractivity contribution in [2.24, 2.45) is 0 Å². The van der Waals surface area contributed by atoms with Gasteiger partial charge in [0.1, 0.15) is 12.4 Å². The highest BCUT2D eigenvalue weighted by atomic mass is 19.4. The first-order chi connectivity index (χ1) is 14.2. The van der Waals surface area contributed by atoms with Gasteiger partial charge in [-0.05, 0) is 37.9 Å². The second kappa shape index (κ2) is 9.34. The van der Waals surface area contributed by atoms with Gasteiger partial charge in [0.15, 0.2) is 5.69 Å². The lowest BCUT2D eigenvalue weighted by atomic mass is 10.1. The van der Waals surface area contributed by atoms with Gasteiger partial charge in [-0.15, -0.1) is 0 Å². The third-order valence-electron chi connectivity index (χ3n) is 5.35. The van der Waals surface area contributed by atoms with Gasteiger partial charge in [-0.25, -0.2) is 4.98 Å². The van der Waals surface area contributed by atoms with Crippen LogP contribution in [0.15, 0.2) is 18.3 Å². The van der Waals surface area contributed by atoms with Gasteiger partial charge in [-0.1, -0.05) is 6.92 Å². The highest BCUT2D eigenvalue weighted by molar-refractivity contribution is 5.76. The maximum Gasteiger partial charge on any atom is 0.433 e. The molecule has 166 valence electrons. The van der Waals surface area contributed by atoms with E-state index in [0.29, 0.717) is 25.3 Å². The molecule has 0 radical (unpaired) electrons. The van der Waals surface area contributed by atoms with E-state index in [-0.39, 0.29) is 36.5 Å². The zero-order valence-corrected chi connectivity index (χ0v) is 17.7. The Balaban J connectivity index is 1.95. The van der Waals surface area contributed by atoms with Gasteiger partial charge in [0.2, 0.25) is 5.91 Å². The maximum atomic E-state index is 13.9. The smallest absolute Gasteiger partial charge is 0.377 e. The number of carbonyl (C=O) groups excluding carboxylic acids is 1. The molecule has 3 rings (SSSR count). The topological polar surface area (TPSA) is 50.6 Å². The molecule has 3 aliphatic heterocycles. The Kier molecular flexibility index (Phi) is 7.02. The second-order valence-corrected chi connectivity index (χ2v) is 7.97. The fourth-order valence-electron chi connectivity index (χ4n) is 3.86. The molecule has 1 atom stereocenters. The summed E-state index contributed by atoms with van der Waals surface area (Å²) in [6, 6.07) is 3.32. The van der Waals surface area contributed by atoms with Crippen LogP contribution in [0.2, 0.25) is 0 Å². The first-order valence-electron chi connectivity index (χ1n) is 10.3. The predicted octanol–water partition coefficient (Wildman–Crippen LogP) is 3.49. The molecule has 0 aliphatic carbocycles. The molecule has 0 bridgehead atoms. The van der Waals surface area contributed by atoms with E-state index in [9.17, 15) is 18.0 Å². The van der Waals surface area contributed by atoms with Crippen LogP contribution in [0.25, 0.3) is 11.4 Å². The van der Waals surface area contributed by atoms with Crippen LogP contribution in [0.5, 0.6) is 0 Å². The van der Waals surface area contributed by atoms with Crippen molar-refractivity contribution in [3.63, 3.8) is 0 Å². The Morgan fingerprint density at radius 1 is 1.37 bits per heavy atom. The monoisotopic (exact) mass is 426 g/mol. The number of fused-ring (bicyclic) bond motifs is 1. The number of pyridine rings is 1. The van der Waals surface area contributed by atoms with Crippen LogP contribution in [-0.2, 0) is 28.8 Å². The van der Waals surface area contributed by atoms with E-state index < -0.39 is 11.9 Å². The Morgan fingerprint density at radius 2 is 2.13 bits per heavy atom. The Morgan fingerprint density at radius 3 is 2.73 bits per heavy atom. The minimum absolute atomic E-state index is 0.0581. The fourth-order valence-corrected chi connectivity index (χ4v) is 3.86. The van der Waals surface area contributed by atoms with E-state index in [2.05, 4.69) is 4.98 Å². The van der Waals surface area contributed by atoms with E-state index >= 15 is 0 Å². The number of hydrogen-bond donors (Lipinski definition) is 0. The van der Waals surface area contributed by atoms with Crippen LogP contribution in [0.4, 0.5) is 13.2 Å². The number of alkyl halides is 3. The quantitative estimate of drug-likeness (QED) is 0.649. The molecule has 0 saturated carbocycles. The number of aromatic nitrogens is 2. The minimum Gasteiger partial charge on any atom is -0.377 e. The summed E-state index contributed by atoms with van der Waals surface area (Å²) in [5, 5.41) is 0. The SMILES string of the molecule is CCCN(Cc1c2cccn(CC(=O)N(C)C)c-2nc1C(F)(F)F)CC1CCCO1. The number of amides is 1. The van der Waals surface area contributed by atoms with E-state index in [1.165, 1.54) is 9.47 Å². The molecule has 1 fully saturated rings. The molecule has 0 aromatic heterocycles. The van der Waals surface area contributed by atoms with Crippen molar-refractivity contribution in [2.45, 2.75) is 51.6 Å². The fraction of sp³-hybridized carbons (Fsp3) is 0.619. The van der Waals surface area contributed by atoms with Crippen molar-refractivity contribution in [3.8, 4) is 11.4 Å². The number of halogens is 3. The van der Waals surface area contributed by atoms with Crippen LogP contribution in [0.3, 0.4) is 0 Å². The van der Waals surface area contributed by atoms with Gasteiger partial charge in [0.05, 0.1) is 6.10 Å². The van der Waals surface area contributed by atoms with Gasteiger partial charge in [-0.2, -0.15) is 13.2 Å². The van der Waals surface area contributed by atoms with Crippen LogP contribution < -0.4 is 0 Å². The lowest BCUT2D eigenvalue weighted by molar-refractivity contribution is -0.141. The summed E-state index contributed by atoms with van der Waals surface area (Å²) in [7, 11) is 3.23. The van der Waals surface area contributed by atoms with Crippen molar-refractivity contribution < 1.29 is 22.7 Å². The molecule has 3 heterocycles. The highest BCUT2D eigenvalue weighted by Crippen LogP contribution is 2.39. The Hall–Kier alpha value is -2.13. The number of carbonyl (C=O) groups is 1. The number of likely N-dealkylation sites (N-methyl/N-ethyl adjacent to an activating group) is 1. The van der Waals surface area contributed by atoms with E-state index in [0.717, 1.165) is 19.3 Å². The van der Waals surface area contributed by atoms with Crippen molar-refractivity contribution in [3.05, 3.63) is 29.6 Å².